The van der Waals surface area contributed by atoms with Gasteiger partial charge < -0.3 is 10.2 Å². The minimum absolute atomic E-state index is 0.0405. The Morgan fingerprint density at radius 1 is 1.29 bits per heavy atom. The third-order valence-electron chi connectivity index (χ3n) is 4.02. The van der Waals surface area contributed by atoms with Crippen LogP contribution >= 0.6 is 0 Å². The summed E-state index contributed by atoms with van der Waals surface area (Å²) in [5.41, 5.74) is 2.79. The number of rotatable bonds is 7. The summed E-state index contributed by atoms with van der Waals surface area (Å²) in [6.07, 6.45) is 2.36. The van der Waals surface area contributed by atoms with Gasteiger partial charge in [-0.05, 0) is 39.7 Å². The first-order chi connectivity index (χ1) is 11.5. The molecule has 8 heteroatoms. The molecule has 0 saturated heterocycles. The molecule has 1 N–H and O–H groups in total. The van der Waals surface area contributed by atoms with Crippen LogP contribution in [0.5, 0.6) is 0 Å². The third-order valence-corrected chi connectivity index (χ3v) is 4.02. The average Bonchev–Trinajstić information content (AvgIpc) is 3.00. The van der Waals surface area contributed by atoms with Crippen molar-refractivity contribution in [2.75, 3.05) is 19.6 Å². The van der Waals surface area contributed by atoms with Gasteiger partial charge >= 0.3 is 0 Å². The highest BCUT2D eigenvalue weighted by atomic mass is 16.2. The van der Waals surface area contributed by atoms with Crippen LogP contribution < -0.4 is 5.32 Å². The SMILES string of the molecule is CCNC(=O)CN(CC)C(=O)CCc1c(C)nc2ncnn2c1C. The maximum Gasteiger partial charge on any atom is 0.252 e. The van der Waals surface area contributed by atoms with Crippen molar-refractivity contribution in [1.29, 1.82) is 0 Å². The Morgan fingerprint density at radius 2 is 2.04 bits per heavy atom. The van der Waals surface area contributed by atoms with Gasteiger partial charge in [0.1, 0.15) is 6.33 Å². The monoisotopic (exact) mass is 332 g/mol. The number of carbonyl (C=O) groups is 2. The van der Waals surface area contributed by atoms with Crippen LogP contribution in [0.1, 0.15) is 37.2 Å². The van der Waals surface area contributed by atoms with Crippen LogP contribution in [0.4, 0.5) is 0 Å². The van der Waals surface area contributed by atoms with Gasteiger partial charge in [0.2, 0.25) is 11.8 Å². The topological polar surface area (TPSA) is 92.5 Å². The van der Waals surface area contributed by atoms with E-state index in [9.17, 15) is 9.59 Å². The van der Waals surface area contributed by atoms with Crippen molar-refractivity contribution in [3.63, 3.8) is 0 Å². The molecule has 0 unspecified atom stereocenters. The Labute approximate surface area is 141 Å². The van der Waals surface area contributed by atoms with Crippen molar-refractivity contribution in [1.82, 2.24) is 29.8 Å². The largest absolute Gasteiger partial charge is 0.355 e. The molecule has 0 aliphatic rings. The van der Waals surface area contributed by atoms with Crippen LogP contribution in [-0.2, 0) is 16.0 Å². The first kappa shape index (κ1) is 17.8. The predicted molar refractivity (Wildman–Crippen MR) is 89.5 cm³/mol. The minimum atomic E-state index is -0.134. The number of likely N-dealkylation sites (N-methyl/N-ethyl adjacent to an activating group) is 2. The van der Waals surface area contributed by atoms with Crippen LogP contribution in [0.15, 0.2) is 6.33 Å². The molecule has 0 radical (unpaired) electrons. The number of hydrogen-bond donors (Lipinski definition) is 1. The maximum absolute atomic E-state index is 12.4. The average molecular weight is 332 g/mol. The summed E-state index contributed by atoms with van der Waals surface area (Å²) >= 11 is 0. The fraction of sp³-hybridized carbons (Fsp3) is 0.562. The van der Waals surface area contributed by atoms with Crippen molar-refractivity contribution in [2.45, 2.75) is 40.5 Å². The molecule has 2 rings (SSSR count). The minimum Gasteiger partial charge on any atom is -0.355 e. The van der Waals surface area contributed by atoms with Crippen molar-refractivity contribution < 1.29 is 9.59 Å². The van der Waals surface area contributed by atoms with E-state index in [1.165, 1.54) is 6.33 Å². The van der Waals surface area contributed by atoms with Gasteiger partial charge in [-0.1, -0.05) is 0 Å². The van der Waals surface area contributed by atoms with Gasteiger partial charge in [-0.25, -0.2) is 9.50 Å². The van der Waals surface area contributed by atoms with Gasteiger partial charge in [0.25, 0.3) is 5.78 Å². The van der Waals surface area contributed by atoms with E-state index in [2.05, 4.69) is 20.4 Å². The van der Waals surface area contributed by atoms with Crippen molar-refractivity contribution in [3.8, 4) is 0 Å². The van der Waals surface area contributed by atoms with E-state index in [0.717, 1.165) is 17.0 Å². The highest BCUT2D eigenvalue weighted by Gasteiger charge is 2.17. The van der Waals surface area contributed by atoms with Crippen LogP contribution in [0, 0.1) is 13.8 Å². The van der Waals surface area contributed by atoms with E-state index in [4.69, 9.17) is 0 Å². The molecular formula is C16H24N6O2. The maximum atomic E-state index is 12.4. The molecule has 24 heavy (non-hydrogen) atoms. The standard InChI is InChI=1S/C16H24N6O2/c1-5-17-14(23)9-21(6-2)15(24)8-7-13-11(3)20-16-18-10-19-22(16)12(13)4/h10H,5-9H2,1-4H3,(H,17,23). The number of hydrogen-bond acceptors (Lipinski definition) is 5. The summed E-state index contributed by atoms with van der Waals surface area (Å²) < 4.78 is 1.68. The van der Waals surface area contributed by atoms with Gasteiger partial charge in [0, 0.05) is 30.9 Å². The lowest BCUT2D eigenvalue weighted by molar-refractivity contribution is -0.135. The lowest BCUT2D eigenvalue weighted by Crippen LogP contribution is -2.40. The molecule has 0 bridgehead atoms. The number of amides is 2. The first-order valence-electron chi connectivity index (χ1n) is 8.18. The third kappa shape index (κ3) is 3.87. The number of nitrogens with one attached hydrogen (secondary N) is 1. The number of fused-ring (bicyclic) bond motifs is 1. The lowest BCUT2D eigenvalue weighted by atomic mass is 10.1. The molecule has 0 aliphatic carbocycles. The zero-order valence-corrected chi connectivity index (χ0v) is 14.7. The van der Waals surface area contributed by atoms with Crippen LogP contribution in [0.3, 0.4) is 0 Å². The summed E-state index contributed by atoms with van der Waals surface area (Å²) in [5.74, 6) is 0.388. The number of nitrogens with zero attached hydrogens (tertiary/aromatic N) is 5. The molecule has 0 aromatic carbocycles. The van der Waals surface area contributed by atoms with Crippen LogP contribution in [0.2, 0.25) is 0 Å². The fourth-order valence-corrected chi connectivity index (χ4v) is 2.71. The highest BCUT2D eigenvalue weighted by Crippen LogP contribution is 2.15. The van der Waals surface area contributed by atoms with Crippen LogP contribution in [0.25, 0.3) is 5.78 Å². The van der Waals surface area contributed by atoms with Gasteiger partial charge in [-0.3, -0.25) is 9.59 Å². The molecule has 2 heterocycles. The second-order valence-electron chi connectivity index (χ2n) is 5.59. The molecule has 0 spiro atoms. The zero-order valence-electron chi connectivity index (χ0n) is 14.7. The smallest absolute Gasteiger partial charge is 0.252 e. The van der Waals surface area contributed by atoms with Gasteiger partial charge in [-0.15, -0.1) is 0 Å². The van der Waals surface area contributed by atoms with E-state index in [-0.39, 0.29) is 18.4 Å². The van der Waals surface area contributed by atoms with Gasteiger partial charge in [-0.2, -0.15) is 10.1 Å². The quantitative estimate of drug-likeness (QED) is 0.804. The van der Waals surface area contributed by atoms with Crippen molar-refractivity contribution in [3.05, 3.63) is 23.3 Å². The Morgan fingerprint density at radius 3 is 2.71 bits per heavy atom. The molecule has 130 valence electrons. The summed E-state index contributed by atoms with van der Waals surface area (Å²) in [6, 6.07) is 0. The molecule has 2 amide bonds. The van der Waals surface area contributed by atoms with E-state index in [1.807, 2.05) is 27.7 Å². The Bertz CT molecular complexity index is 739. The van der Waals surface area contributed by atoms with Crippen LogP contribution in [-0.4, -0.2) is 55.9 Å². The van der Waals surface area contributed by atoms with Gasteiger partial charge in [0.05, 0.1) is 6.54 Å². The number of carbonyl (C=O) groups excluding carboxylic acids is 2. The molecule has 8 nitrogen and oxygen atoms in total. The van der Waals surface area contributed by atoms with E-state index >= 15 is 0 Å². The summed E-state index contributed by atoms with van der Waals surface area (Å²) in [7, 11) is 0. The van der Waals surface area contributed by atoms with Crippen molar-refractivity contribution >= 4 is 17.6 Å². The van der Waals surface area contributed by atoms with Crippen molar-refractivity contribution in [2.24, 2.45) is 0 Å². The molecule has 0 saturated carbocycles. The van der Waals surface area contributed by atoms with E-state index in [1.54, 1.807) is 9.42 Å². The number of aryl methyl sites for hydroxylation is 2. The molecule has 2 aromatic heterocycles. The lowest BCUT2D eigenvalue weighted by Gasteiger charge is -2.20. The van der Waals surface area contributed by atoms with E-state index in [0.29, 0.717) is 31.7 Å². The van der Waals surface area contributed by atoms with E-state index < -0.39 is 0 Å². The summed E-state index contributed by atoms with van der Waals surface area (Å²) in [5, 5.41) is 6.87. The molecule has 0 fully saturated rings. The zero-order chi connectivity index (χ0) is 17.7. The molecule has 0 atom stereocenters. The Hall–Kier alpha value is -2.51. The number of aromatic nitrogens is 4. The summed E-state index contributed by atoms with van der Waals surface area (Å²) in [4.78, 5) is 34.2. The van der Waals surface area contributed by atoms with Gasteiger partial charge in [0.15, 0.2) is 0 Å². The second-order valence-corrected chi connectivity index (χ2v) is 5.59. The highest BCUT2D eigenvalue weighted by molar-refractivity contribution is 5.84. The normalized spacial score (nSPS) is 10.8. The Kier molecular flexibility index (Phi) is 5.83. The predicted octanol–water partition coefficient (Wildman–Crippen LogP) is 0.658. The fourth-order valence-electron chi connectivity index (χ4n) is 2.71. The molecule has 0 aliphatic heterocycles. The molecule has 2 aromatic rings. The molecular weight excluding hydrogens is 308 g/mol. The second kappa shape index (κ2) is 7.85. The Balaban J connectivity index is 2.06. The summed E-state index contributed by atoms with van der Waals surface area (Å²) in [6.45, 7) is 8.75. The first-order valence-corrected chi connectivity index (χ1v) is 8.18.